The molecule has 1 aliphatic rings. The van der Waals surface area contributed by atoms with Crippen LogP contribution in [-0.4, -0.2) is 31.5 Å². The third-order valence-electron chi connectivity index (χ3n) is 3.42. The maximum Gasteiger partial charge on any atom is 0.244 e. The highest BCUT2D eigenvalue weighted by molar-refractivity contribution is 7.91. The van der Waals surface area contributed by atoms with E-state index in [1.807, 2.05) is 19.1 Å². The van der Waals surface area contributed by atoms with E-state index in [1.54, 1.807) is 12.1 Å². The van der Waals surface area contributed by atoms with Gasteiger partial charge in [0.05, 0.1) is 23.1 Å². The zero-order valence-corrected chi connectivity index (χ0v) is 13.2. The molecule has 0 aliphatic carbocycles. The highest BCUT2D eigenvalue weighted by atomic mass is 35.5. The summed E-state index contributed by atoms with van der Waals surface area (Å²) in [6, 6.07) is 7.18. The normalized spacial score (nSPS) is 21.2. The molecule has 1 aromatic carbocycles. The highest BCUT2D eigenvalue weighted by Crippen LogP contribution is 2.18. The highest BCUT2D eigenvalue weighted by Gasteiger charge is 2.32. The van der Waals surface area contributed by atoms with Crippen LogP contribution in [0.3, 0.4) is 0 Å². The Morgan fingerprint density at radius 2 is 2.05 bits per heavy atom. The van der Waals surface area contributed by atoms with E-state index in [0.29, 0.717) is 17.9 Å². The minimum absolute atomic E-state index is 0.0760. The van der Waals surface area contributed by atoms with E-state index in [9.17, 15) is 13.2 Å². The van der Waals surface area contributed by atoms with Gasteiger partial charge >= 0.3 is 0 Å². The molecule has 114 valence electrons. The Hall–Kier alpha value is -1.40. The number of hydrazone groups is 1. The van der Waals surface area contributed by atoms with Crippen molar-refractivity contribution in [2.45, 2.75) is 19.8 Å². The molecule has 1 saturated heterocycles. The van der Waals surface area contributed by atoms with Gasteiger partial charge in [-0.1, -0.05) is 30.7 Å². The lowest BCUT2D eigenvalue weighted by atomic mass is 10.1. The van der Waals surface area contributed by atoms with Crippen LogP contribution < -0.4 is 5.43 Å². The zero-order valence-electron chi connectivity index (χ0n) is 11.7. The van der Waals surface area contributed by atoms with Crippen LogP contribution in [0.25, 0.3) is 0 Å². The molecule has 5 nitrogen and oxygen atoms in total. The van der Waals surface area contributed by atoms with Crippen molar-refractivity contribution in [3.8, 4) is 0 Å². The second-order valence-electron chi connectivity index (χ2n) is 4.99. The number of carbonyl (C=O) groups is 1. The molecule has 1 N–H and O–H groups in total. The number of sulfone groups is 1. The minimum Gasteiger partial charge on any atom is -0.273 e. The maximum absolute atomic E-state index is 11.9. The molecule has 1 amide bonds. The summed E-state index contributed by atoms with van der Waals surface area (Å²) < 4.78 is 22.7. The number of hydrogen-bond donors (Lipinski definition) is 1. The Labute approximate surface area is 129 Å². The van der Waals surface area contributed by atoms with Crippen molar-refractivity contribution >= 4 is 33.1 Å². The van der Waals surface area contributed by atoms with Crippen molar-refractivity contribution in [1.82, 2.24) is 5.43 Å². The molecule has 0 aromatic heterocycles. The minimum atomic E-state index is -3.07. The van der Waals surface area contributed by atoms with Crippen LogP contribution in [0.5, 0.6) is 0 Å². The van der Waals surface area contributed by atoms with Gasteiger partial charge in [0.1, 0.15) is 0 Å². The van der Waals surface area contributed by atoms with Gasteiger partial charge in [-0.05, 0) is 30.5 Å². The molecule has 1 aliphatic heterocycles. The van der Waals surface area contributed by atoms with Crippen LogP contribution in [0, 0.1) is 5.92 Å². The van der Waals surface area contributed by atoms with Crippen LogP contribution in [0.2, 0.25) is 5.02 Å². The Balaban J connectivity index is 2.04. The summed E-state index contributed by atoms with van der Waals surface area (Å²) >= 11 is 5.83. The Morgan fingerprint density at radius 1 is 1.38 bits per heavy atom. The standard InChI is InChI=1S/C14H17ClN2O3S/c1-2-13(10-3-5-12(15)6-4-10)16-17-14(18)11-7-8-21(19,20)9-11/h3-6,11H,2,7-9H2,1H3,(H,17,18)/b16-13-/t11-/m0/s1. The molecule has 7 heteroatoms. The molecule has 21 heavy (non-hydrogen) atoms. The van der Waals surface area contributed by atoms with Gasteiger partial charge in [-0.15, -0.1) is 0 Å². The number of amides is 1. The first-order chi connectivity index (χ1) is 9.91. The summed E-state index contributed by atoms with van der Waals surface area (Å²) in [7, 11) is -3.07. The van der Waals surface area contributed by atoms with Crippen molar-refractivity contribution in [1.29, 1.82) is 0 Å². The Bertz CT molecular complexity index is 653. The van der Waals surface area contributed by atoms with E-state index in [-0.39, 0.29) is 17.4 Å². The largest absolute Gasteiger partial charge is 0.273 e. The van der Waals surface area contributed by atoms with Gasteiger partial charge < -0.3 is 0 Å². The van der Waals surface area contributed by atoms with Gasteiger partial charge in [0.15, 0.2) is 9.84 Å². The summed E-state index contributed by atoms with van der Waals surface area (Å²) in [4.78, 5) is 11.9. The summed E-state index contributed by atoms with van der Waals surface area (Å²) in [5, 5.41) is 4.75. The molecule has 1 atom stereocenters. The van der Waals surface area contributed by atoms with Crippen LogP contribution in [0.1, 0.15) is 25.3 Å². The smallest absolute Gasteiger partial charge is 0.244 e. The lowest BCUT2D eigenvalue weighted by Crippen LogP contribution is -2.28. The van der Waals surface area contributed by atoms with Gasteiger partial charge in [-0.3, -0.25) is 4.79 Å². The fourth-order valence-electron chi connectivity index (χ4n) is 2.21. The quantitative estimate of drug-likeness (QED) is 0.678. The first-order valence-corrected chi connectivity index (χ1v) is 8.94. The third-order valence-corrected chi connectivity index (χ3v) is 5.44. The van der Waals surface area contributed by atoms with Gasteiger partial charge in [0.2, 0.25) is 5.91 Å². The van der Waals surface area contributed by atoms with Gasteiger partial charge in [0, 0.05) is 5.02 Å². The number of nitrogens with one attached hydrogen (secondary N) is 1. The zero-order chi connectivity index (χ0) is 15.5. The van der Waals surface area contributed by atoms with Crippen LogP contribution in [-0.2, 0) is 14.6 Å². The summed E-state index contributed by atoms with van der Waals surface area (Å²) in [6.45, 7) is 1.93. The Morgan fingerprint density at radius 3 is 2.57 bits per heavy atom. The molecule has 0 bridgehead atoms. The predicted octanol–water partition coefficient (Wildman–Crippen LogP) is 2.01. The molecule has 0 radical (unpaired) electrons. The molecule has 0 unspecified atom stereocenters. The lowest BCUT2D eigenvalue weighted by molar-refractivity contribution is -0.124. The molecule has 0 spiro atoms. The monoisotopic (exact) mass is 328 g/mol. The maximum atomic E-state index is 11.9. The number of nitrogens with zero attached hydrogens (tertiary/aromatic N) is 1. The number of benzene rings is 1. The average Bonchev–Trinajstić information content (AvgIpc) is 2.81. The van der Waals surface area contributed by atoms with E-state index in [1.165, 1.54) is 0 Å². The number of halogens is 1. The second kappa shape index (κ2) is 6.58. The molecule has 1 fully saturated rings. The molecule has 1 aromatic rings. The van der Waals surface area contributed by atoms with Gasteiger partial charge in [-0.25, -0.2) is 13.8 Å². The van der Waals surface area contributed by atoms with Gasteiger partial charge in [0.25, 0.3) is 0 Å². The SMILES string of the molecule is CC/C(=N/NC(=O)[C@H]1CCS(=O)(=O)C1)c1ccc(Cl)cc1. The number of rotatable bonds is 4. The van der Waals surface area contributed by atoms with Crippen LogP contribution >= 0.6 is 11.6 Å². The topological polar surface area (TPSA) is 75.6 Å². The van der Waals surface area contributed by atoms with Crippen molar-refractivity contribution in [2.24, 2.45) is 11.0 Å². The molecular formula is C14H17ClN2O3S. The molecule has 2 rings (SSSR count). The summed E-state index contributed by atoms with van der Waals surface area (Å²) in [6.07, 6.45) is 1.01. The van der Waals surface area contributed by atoms with Crippen molar-refractivity contribution in [3.05, 3.63) is 34.9 Å². The van der Waals surface area contributed by atoms with E-state index in [2.05, 4.69) is 10.5 Å². The fourth-order valence-corrected chi connectivity index (χ4v) is 4.07. The first-order valence-electron chi connectivity index (χ1n) is 6.74. The molecule has 0 saturated carbocycles. The van der Waals surface area contributed by atoms with Crippen LogP contribution in [0.4, 0.5) is 0 Å². The van der Waals surface area contributed by atoms with E-state index >= 15 is 0 Å². The summed E-state index contributed by atoms with van der Waals surface area (Å²) in [5.74, 6) is -0.846. The molecular weight excluding hydrogens is 312 g/mol. The van der Waals surface area contributed by atoms with E-state index in [0.717, 1.165) is 11.3 Å². The average molecular weight is 329 g/mol. The Kier molecular flexibility index (Phi) is 5.00. The fraction of sp³-hybridized carbons (Fsp3) is 0.429. The van der Waals surface area contributed by atoms with Crippen LogP contribution in [0.15, 0.2) is 29.4 Å². The summed E-state index contributed by atoms with van der Waals surface area (Å²) in [5.41, 5.74) is 4.08. The van der Waals surface area contributed by atoms with Crippen molar-refractivity contribution in [3.63, 3.8) is 0 Å². The van der Waals surface area contributed by atoms with Crippen molar-refractivity contribution in [2.75, 3.05) is 11.5 Å². The van der Waals surface area contributed by atoms with Crippen molar-refractivity contribution < 1.29 is 13.2 Å². The number of hydrogen-bond acceptors (Lipinski definition) is 4. The molecule has 1 heterocycles. The predicted molar refractivity (Wildman–Crippen MR) is 83.2 cm³/mol. The van der Waals surface area contributed by atoms with E-state index in [4.69, 9.17) is 11.6 Å². The number of carbonyl (C=O) groups excluding carboxylic acids is 1. The third kappa shape index (κ3) is 4.28. The lowest BCUT2D eigenvalue weighted by Gasteiger charge is -2.08. The van der Waals surface area contributed by atoms with Gasteiger partial charge in [-0.2, -0.15) is 5.10 Å². The first kappa shape index (κ1) is 16.0. The van der Waals surface area contributed by atoms with E-state index < -0.39 is 15.8 Å². The second-order valence-corrected chi connectivity index (χ2v) is 7.66.